The number of aromatic nitrogens is 14. The van der Waals surface area contributed by atoms with Crippen molar-refractivity contribution in [3.05, 3.63) is 133 Å². The van der Waals surface area contributed by atoms with E-state index in [1.165, 1.54) is 31.3 Å². The summed E-state index contributed by atoms with van der Waals surface area (Å²) >= 11 is 0. The summed E-state index contributed by atoms with van der Waals surface area (Å²) in [5.41, 5.74) is 16.5. The van der Waals surface area contributed by atoms with E-state index in [9.17, 15) is 0 Å². The van der Waals surface area contributed by atoms with E-state index < -0.39 is 0 Å². The monoisotopic (exact) mass is 976 g/mol. The van der Waals surface area contributed by atoms with Crippen molar-refractivity contribution < 1.29 is 8.78 Å². The molecular weight excluding hydrogens is 927 g/mol. The van der Waals surface area contributed by atoms with Crippen molar-refractivity contribution in [1.82, 2.24) is 74.7 Å². The molecule has 11 aromatic rings. The van der Waals surface area contributed by atoms with E-state index in [1.807, 2.05) is 48.1 Å². The number of nitrogens with zero attached hydrogens (tertiary/aromatic N) is 12. The number of aromatic amines is 4. The third-order valence-corrected chi connectivity index (χ3v) is 12.8. The van der Waals surface area contributed by atoms with E-state index in [-0.39, 0.29) is 11.6 Å². The number of H-pyrrole nitrogens is 4. The van der Waals surface area contributed by atoms with Crippen molar-refractivity contribution in [2.75, 3.05) is 18.4 Å². The van der Waals surface area contributed by atoms with Crippen molar-refractivity contribution in [1.29, 1.82) is 0 Å². The maximum absolute atomic E-state index is 15.2. The number of pyridine rings is 4. The van der Waals surface area contributed by atoms with Crippen molar-refractivity contribution in [2.24, 2.45) is 10.7 Å². The van der Waals surface area contributed by atoms with Gasteiger partial charge in [0, 0.05) is 94.6 Å². The number of allylic oxidation sites excluding steroid dienone is 1. The predicted molar refractivity (Wildman–Crippen MR) is 280 cm³/mol. The number of aliphatic imine (C=N–C) groups is 1. The minimum Gasteiger partial charge on any atom is -0.390 e. The van der Waals surface area contributed by atoms with Crippen LogP contribution in [0.4, 0.5) is 20.3 Å². The van der Waals surface area contributed by atoms with E-state index >= 15 is 8.78 Å². The van der Waals surface area contributed by atoms with Crippen LogP contribution < -0.4 is 11.1 Å². The largest absolute Gasteiger partial charge is 0.390 e. The van der Waals surface area contributed by atoms with Gasteiger partial charge in [0.2, 0.25) is 0 Å². The highest BCUT2D eigenvalue weighted by Crippen LogP contribution is 2.36. The smallest absolute Gasteiger partial charge is 0.181 e. The van der Waals surface area contributed by atoms with E-state index in [2.05, 4.69) is 89.0 Å². The summed E-state index contributed by atoms with van der Waals surface area (Å²) in [7, 11) is 0. The second-order valence-electron chi connectivity index (χ2n) is 18.0. The molecule has 0 bridgehead atoms. The molecule has 73 heavy (non-hydrogen) atoms. The summed E-state index contributed by atoms with van der Waals surface area (Å²) < 4.78 is 32.2. The van der Waals surface area contributed by atoms with E-state index in [1.54, 1.807) is 49.4 Å². The number of imidazole rings is 3. The third-order valence-electron chi connectivity index (χ3n) is 12.8. The Bertz CT molecular complexity index is 3830. The van der Waals surface area contributed by atoms with Crippen LogP contribution in [-0.4, -0.2) is 94.1 Å². The number of hydrogen-bond acceptors (Lipinski definition) is 12. The molecule has 9 aromatic heterocycles. The quantitative estimate of drug-likeness (QED) is 0.0339. The average Bonchev–Trinajstić information content (AvgIpc) is 4.27. The van der Waals surface area contributed by atoms with Gasteiger partial charge in [0.05, 0.1) is 46.0 Å². The number of halogens is 2. The minimum absolute atomic E-state index is 0.325. The van der Waals surface area contributed by atoms with Crippen LogP contribution in [0.3, 0.4) is 0 Å². The molecule has 1 saturated heterocycles. The Labute approximate surface area is 416 Å². The van der Waals surface area contributed by atoms with Crippen LogP contribution in [0, 0.1) is 18.6 Å². The van der Waals surface area contributed by atoms with Crippen LogP contribution in [-0.2, 0) is 6.54 Å². The van der Waals surface area contributed by atoms with Crippen LogP contribution in [0.25, 0.3) is 95.0 Å². The fourth-order valence-electron chi connectivity index (χ4n) is 9.27. The summed E-state index contributed by atoms with van der Waals surface area (Å²) in [6.07, 6.45) is 21.8. The van der Waals surface area contributed by atoms with Crippen LogP contribution in [0.2, 0.25) is 0 Å². The molecule has 20 heteroatoms. The van der Waals surface area contributed by atoms with Gasteiger partial charge in [0.25, 0.3) is 0 Å². The molecule has 12 rings (SSSR count). The molecule has 7 N–H and O–H groups in total. The third kappa shape index (κ3) is 9.50. The van der Waals surface area contributed by atoms with Crippen LogP contribution in [0.5, 0.6) is 0 Å². The zero-order chi connectivity index (χ0) is 50.0. The molecule has 18 nitrogen and oxygen atoms in total. The zero-order valence-corrected chi connectivity index (χ0v) is 40.1. The number of anilines is 1. The van der Waals surface area contributed by atoms with Gasteiger partial charge in [-0.05, 0) is 87.7 Å². The molecule has 0 atom stereocenters. The lowest BCUT2D eigenvalue weighted by atomic mass is 10.0. The molecule has 1 aliphatic heterocycles. The topological polar surface area (TPSA) is 238 Å². The number of likely N-dealkylation sites (tertiary alicyclic amines) is 1. The maximum Gasteiger partial charge on any atom is 0.181 e. The highest BCUT2D eigenvalue weighted by Gasteiger charge is 2.21. The molecule has 1 aliphatic rings. The first-order valence-electron chi connectivity index (χ1n) is 24.1. The fourth-order valence-corrected chi connectivity index (χ4v) is 9.27. The van der Waals surface area contributed by atoms with Crippen LogP contribution in [0.15, 0.2) is 116 Å². The van der Waals surface area contributed by atoms with Crippen LogP contribution >= 0.6 is 0 Å². The number of hydrogen-bond donors (Lipinski definition) is 6. The fraction of sp³-hybridized carbons (Fsp3) is 0.208. The molecule has 0 spiro atoms. The number of fused-ring (bicyclic) bond motifs is 4. The highest BCUT2D eigenvalue weighted by molar-refractivity contribution is 5.98. The molecule has 10 heterocycles. The molecular formula is C53H50F2N18. The van der Waals surface area contributed by atoms with Gasteiger partial charge >= 0.3 is 0 Å². The zero-order valence-electron chi connectivity index (χ0n) is 40.1. The number of nitrogens with one attached hydrogen (secondary N) is 5. The van der Waals surface area contributed by atoms with Gasteiger partial charge in [-0.15, -0.1) is 0 Å². The van der Waals surface area contributed by atoms with Gasteiger partial charge in [-0.3, -0.25) is 29.6 Å². The number of unbranched alkanes of at least 4 members (excludes halogenated alkanes) is 2. The summed E-state index contributed by atoms with van der Waals surface area (Å²) in [5, 5.41) is 19.5. The first-order chi connectivity index (χ1) is 35.7. The molecule has 0 amide bonds. The molecule has 0 unspecified atom stereocenters. The Morgan fingerprint density at radius 2 is 1.42 bits per heavy atom. The molecule has 366 valence electrons. The Morgan fingerprint density at radius 1 is 0.781 bits per heavy atom. The lowest BCUT2D eigenvalue weighted by molar-refractivity contribution is 0.331. The molecule has 1 fully saturated rings. The Morgan fingerprint density at radius 3 is 2.08 bits per heavy atom. The van der Waals surface area contributed by atoms with Crippen LogP contribution in [0.1, 0.15) is 56.7 Å². The Balaban J connectivity index is 0.000000157. The van der Waals surface area contributed by atoms with Crippen molar-refractivity contribution in [3.63, 3.8) is 0 Å². The number of benzene rings is 2. The summed E-state index contributed by atoms with van der Waals surface area (Å²) in [6.45, 7) is 11.2. The number of rotatable bonds is 14. The van der Waals surface area contributed by atoms with E-state index in [4.69, 9.17) is 10.7 Å². The van der Waals surface area contributed by atoms with Gasteiger partial charge in [-0.25, -0.2) is 38.7 Å². The van der Waals surface area contributed by atoms with E-state index in [0.717, 1.165) is 89.9 Å². The lowest BCUT2D eigenvalue weighted by Crippen LogP contribution is -2.18. The predicted octanol–water partition coefficient (Wildman–Crippen LogP) is 10.6. The molecule has 2 aromatic carbocycles. The Kier molecular flexibility index (Phi) is 12.7. The Hall–Kier alpha value is -9.04. The van der Waals surface area contributed by atoms with Gasteiger partial charge < -0.3 is 21.0 Å². The molecule has 0 radical (unpaired) electrons. The maximum atomic E-state index is 15.2. The van der Waals surface area contributed by atoms with E-state index in [0.29, 0.717) is 78.8 Å². The van der Waals surface area contributed by atoms with Crippen molar-refractivity contribution >= 4 is 61.7 Å². The summed E-state index contributed by atoms with van der Waals surface area (Å²) in [4.78, 5) is 44.3. The van der Waals surface area contributed by atoms with Crippen molar-refractivity contribution in [3.8, 4) is 51.1 Å². The SMILES string of the molecule is C=C(CCCCC)Nc1cncc(-c2cc3c(-c4nc5c(N=CN)nccc5[nH]4)n[nH]c3cc2F)c1.Cc1cn(-c2nccc3[nH]c(-c4n[nH]c5cc(F)c(-c6cncc(CN7CCCC7)c6)cc45)nc23)cn1. The average molecular weight is 977 g/mol. The number of nitrogens with two attached hydrogens (primary N) is 1. The lowest BCUT2D eigenvalue weighted by Gasteiger charge is -2.15. The van der Waals surface area contributed by atoms with Gasteiger partial charge in [0.1, 0.15) is 40.4 Å². The molecule has 0 saturated carbocycles. The normalized spacial score (nSPS) is 13.0. The van der Waals surface area contributed by atoms with Gasteiger partial charge in [-0.1, -0.05) is 26.3 Å². The molecule has 0 aliphatic carbocycles. The first-order valence-corrected chi connectivity index (χ1v) is 24.1. The number of aryl methyl sites for hydroxylation is 1. The summed E-state index contributed by atoms with van der Waals surface area (Å²) in [6, 6.07) is 14.1. The summed E-state index contributed by atoms with van der Waals surface area (Å²) in [5.74, 6) is 1.45. The highest BCUT2D eigenvalue weighted by atomic mass is 19.1. The van der Waals surface area contributed by atoms with Gasteiger partial charge in [-0.2, -0.15) is 10.2 Å². The van der Waals surface area contributed by atoms with Crippen molar-refractivity contribution in [2.45, 2.75) is 58.9 Å². The van der Waals surface area contributed by atoms with Gasteiger partial charge in [0.15, 0.2) is 23.3 Å². The minimum atomic E-state index is -0.383. The standard InChI is InChI=1S/C27H24FN9.C26H26FN9/c1-16-13-37(15-31-16)27-25-22(4-5-30-27)32-26(33-25)24-20-9-19(21(28)10-23(20)34-35-24)18-8-17(11-29-12-18)14-36-6-2-3-7-36;1-3-4-5-6-15(2)32-17-9-16(12-29-13-17)18-10-19-22(11-20(18)27)35-36-23(19)26-33-21-7-8-30-25(31-14-28)24(21)34-26/h4-5,8-13,15H,2-3,6-7,14H2,1H3,(H,32,33)(H,34,35);7-14,32H,2-6H2,1H3,(H,33,34)(H,35,36)(H2,28,30,31). The first kappa shape index (κ1) is 46.3. The second-order valence-corrected chi connectivity index (χ2v) is 18.0. The second kappa shape index (κ2) is 20.0.